The molecule has 718 valence electrons. The van der Waals surface area contributed by atoms with Crippen molar-refractivity contribution in [1.29, 1.82) is 15.8 Å². The second kappa shape index (κ2) is 40.5. The summed E-state index contributed by atoms with van der Waals surface area (Å²) in [5.74, 6) is -1.51. The molecule has 11 N–H and O–H groups in total. The van der Waals surface area contributed by atoms with Gasteiger partial charge in [0.2, 0.25) is 23.6 Å². The van der Waals surface area contributed by atoms with E-state index in [1.807, 2.05) is 164 Å². The number of carbonyl (C=O) groups is 6. The van der Waals surface area contributed by atoms with E-state index in [0.717, 1.165) is 98.9 Å². The summed E-state index contributed by atoms with van der Waals surface area (Å²) < 4.78 is 60.2. The number of hydrogen-bond donors (Lipinski definition) is 6. The number of nitrogens with one attached hydrogen (secondary N) is 1. The molecule has 13 aromatic rings. The Morgan fingerprint density at radius 3 is 1.53 bits per heavy atom. The molecule has 2 aliphatic carbocycles. The van der Waals surface area contributed by atoms with Crippen LogP contribution in [-0.4, -0.2) is 134 Å². The van der Waals surface area contributed by atoms with Gasteiger partial charge in [0.25, 0.3) is 11.8 Å². The van der Waals surface area contributed by atoms with Crippen LogP contribution in [0.4, 0.5) is 23.2 Å². The fourth-order valence-corrected chi connectivity index (χ4v) is 24.0. The van der Waals surface area contributed by atoms with Crippen molar-refractivity contribution in [2.24, 2.45) is 77.3 Å². The zero-order valence-corrected chi connectivity index (χ0v) is 84.2. The molecule has 1 unspecified atom stereocenters. The van der Waals surface area contributed by atoms with Crippen molar-refractivity contribution in [1.82, 2.24) is 33.9 Å². The first kappa shape index (κ1) is 99.6. The maximum Gasteiger partial charge on any atom is 0.387 e. The molecule has 20 rings (SSSR count). The van der Waals surface area contributed by atoms with Crippen LogP contribution in [-0.2, 0) is 58.2 Å². The molecule has 7 aromatic heterocycles. The zero-order valence-electron chi connectivity index (χ0n) is 76.9. The van der Waals surface area contributed by atoms with E-state index >= 15 is 0 Å². The number of thiophene rings is 5. The standard InChI is InChI=1S/C27H22N4O2S.2C20H18BrFN4OS.C18H16F2N4O2S.C17H17N5OS/c28-26-30-27(20-8-3-1-4-9-20,21-10-5-2-6-11-21)25(33)31(26)18-19-13-15-22(16-14-19)29-24(32)23-12-7-17-34-23;2*1-20(16(10-3-4-10)18(27)26(2)19(24)25-20)15-8-13(17(21)28-15)11-5-6-14(22)12(7-11)9-23;1-18(13-8-7-12(9-21)27-13)14(15(25)24(2)17(22)23-18)10-3-5-11(6-4-10)26-16(19)20;1-17(8-15(23)21(2)16(18)20-17)13-9-19-14-6-5-11(10-22(13)14)12-4-3-7-24-12/h1-17H,18H2,(H2,28,30)(H,29,32);2*5-8,10,16H,3-4H2,1-2H3,(H2,24,25);3-8,14,16H,1-2H3,(H2,22,23);3-7,9-10H,8H2,1-2H3,(H2,18,20)/t;16-,20+;16-,20-;14?,18-;17-/m.0110/s1. The lowest BCUT2D eigenvalue weighted by Crippen LogP contribution is -2.54. The van der Waals surface area contributed by atoms with Gasteiger partial charge in [0, 0.05) is 76.3 Å². The zero-order chi connectivity index (χ0) is 101. The quantitative estimate of drug-likeness (QED) is 0.0435. The monoisotopic (exact) mass is 2120 g/mol. The Bertz CT molecular complexity index is 7130. The highest BCUT2D eigenvalue weighted by Crippen LogP contribution is 2.56. The molecule has 0 saturated heterocycles. The molecule has 0 bridgehead atoms. The molecule has 6 amide bonds. The van der Waals surface area contributed by atoms with E-state index in [2.05, 4.69) is 80.5 Å². The first-order valence-corrected chi connectivity index (χ1v) is 49.9. The number of nitrogens with zero attached hydrogens (tertiary/aromatic N) is 15. The fraction of sp³-hybridized carbons (Fsp3) is 0.245. The van der Waals surface area contributed by atoms with E-state index in [4.69, 9.17) is 59.4 Å². The number of amides is 6. The number of ether oxygens (including phenoxy) is 1. The molecule has 12 heterocycles. The minimum Gasteiger partial charge on any atom is -0.435 e. The topological polar surface area (TPSA) is 420 Å². The van der Waals surface area contributed by atoms with Gasteiger partial charge in [-0.1, -0.05) is 109 Å². The van der Waals surface area contributed by atoms with Crippen molar-refractivity contribution in [3.05, 3.63) is 312 Å². The number of imidazole rings is 1. The summed E-state index contributed by atoms with van der Waals surface area (Å²) in [6.45, 7) is 4.96. The molecule has 0 spiro atoms. The van der Waals surface area contributed by atoms with Crippen LogP contribution in [0, 0.1) is 69.3 Å². The Balaban J connectivity index is 0.000000127. The number of likely N-dealkylation sites (N-methyl/N-ethyl adjacent to an activating group) is 1. The van der Waals surface area contributed by atoms with Crippen molar-refractivity contribution in [3.63, 3.8) is 0 Å². The number of halogens is 6. The fourth-order valence-electron chi connectivity index (χ4n) is 17.9. The third-order valence-corrected chi connectivity index (χ3v) is 33.0. The number of anilines is 1. The highest BCUT2D eigenvalue weighted by molar-refractivity contribution is 9.11. The lowest BCUT2D eigenvalue weighted by molar-refractivity contribution is -0.135. The van der Waals surface area contributed by atoms with Gasteiger partial charge in [-0.3, -0.25) is 53.3 Å². The summed E-state index contributed by atoms with van der Waals surface area (Å²) in [4.78, 5) is 117. The minimum absolute atomic E-state index is 0.00188. The average Bonchev–Trinajstić information content (AvgIpc) is 1.49. The second-order valence-corrected chi connectivity index (χ2v) is 42.8. The number of carbonyl (C=O) groups excluding carboxylic acids is 6. The van der Waals surface area contributed by atoms with Crippen LogP contribution in [0.1, 0.15) is 134 Å². The van der Waals surface area contributed by atoms with Crippen LogP contribution in [0.15, 0.2) is 262 Å². The highest BCUT2D eigenvalue weighted by atomic mass is 79.9. The van der Waals surface area contributed by atoms with E-state index in [0.29, 0.717) is 37.7 Å². The molecule has 7 aliphatic rings. The largest absolute Gasteiger partial charge is 0.435 e. The van der Waals surface area contributed by atoms with E-state index in [9.17, 15) is 46.3 Å². The van der Waals surface area contributed by atoms with Crippen molar-refractivity contribution >= 4 is 165 Å². The molecule has 39 heteroatoms. The van der Waals surface area contributed by atoms with Gasteiger partial charge in [-0.05, 0) is 238 Å². The number of nitrogens with two attached hydrogens (primary N) is 5. The molecule has 141 heavy (non-hydrogen) atoms. The van der Waals surface area contributed by atoms with Gasteiger partial charge in [0.05, 0.1) is 66.2 Å². The van der Waals surface area contributed by atoms with E-state index in [-0.39, 0.29) is 107 Å². The first-order valence-electron chi connectivity index (χ1n) is 44.1. The maximum absolute atomic E-state index is 13.9. The maximum atomic E-state index is 13.9. The molecule has 2 saturated carbocycles. The Labute approximate surface area is 845 Å². The molecule has 6 aromatic carbocycles. The summed E-state index contributed by atoms with van der Waals surface area (Å²) in [7, 11) is 6.49. The number of fused-ring (bicyclic) bond motifs is 1. The Hall–Kier alpha value is -14.4. The van der Waals surface area contributed by atoms with Crippen molar-refractivity contribution in [3.8, 4) is 56.7 Å². The summed E-state index contributed by atoms with van der Waals surface area (Å²) in [5, 5.41) is 34.2. The number of benzene rings is 6. The predicted octanol–water partition coefficient (Wildman–Crippen LogP) is 18.5. The number of alkyl halides is 2. The van der Waals surface area contributed by atoms with Gasteiger partial charge in [0.1, 0.15) is 68.3 Å². The number of pyridine rings is 1. The van der Waals surface area contributed by atoms with Gasteiger partial charge in [-0.2, -0.15) is 24.6 Å². The normalized spacial score (nSPS) is 21.3. The number of aliphatic imine (C=N–C) groups is 5. The minimum atomic E-state index is -2.93. The van der Waals surface area contributed by atoms with Crippen LogP contribution in [0.2, 0.25) is 0 Å². The van der Waals surface area contributed by atoms with Gasteiger partial charge in [0.15, 0.2) is 35.3 Å². The van der Waals surface area contributed by atoms with E-state index < -0.39 is 51.9 Å². The number of guanidine groups is 5. The number of hydrogen-bond acceptors (Lipinski definition) is 26. The molecule has 5 aliphatic heterocycles. The van der Waals surface area contributed by atoms with Crippen molar-refractivity contribution in [2.75, 3.05) is 33.5 Å². The van der Waals surface area contributed by atoms with Gasteiger partial charge in [-0.15, -0.1) is 56.7 Å². The first-order chi connectivity index (χ1) is 67.3. The van der Waals surface area contributed by atoms with Gasteiger partial charge < -0.3 is 43.1 Å². The van der Waals surface area contributed by atoms with E-state index in [1.165, 1.54) is 118 Å². The average molecular weight is 2120 g/mol. The van der Waals surface area contributed by atoms with E-state index in [1.54, 1.807) is 88.1 Å². The molecule has 7 atom stereocenters. The smallest absolute Gasteiger partial charge is 0.387 e. The van der Waals surface area contributed by atoms with Gasteiger partial charge >= 0.3 is 6.61 Å². The molecular weight excluding hydrogens is 2030 g/mol. The lowest BCUT2D eigenvalue weighted by Gasteiger charge is -2.40. The van der Waals surface area contributed by atoms with Crippen LogP contribution < -0.4 is 38.7 Å². The predicted molar refractivity (Wildman–Crippen MR) is 546 cm³/mol. The van der Waals surface area contributed by atoms with Crippen molar-refractivity contribution < 1.29 is 51.1 Å². The SMILES string of the molecule is CN1C(=O)C(c2ccc(OC(F)F)cc2)[C@@](C)(c2ccc(C#N)s2)N=C1N.CN1C(=O)C[C@@](C)(c2cnc3ccc(-c4cccs4)cn23)N=C1N.CN1C(=O)[C@@H](C2CC2)[C@@](C)(c2cc(-c3ccc(F)c(C#N)c3)c(Br)s2)N=C1N.CN1C(=O)[C@H](C2CC2)[C@@](C)(c2cc(-c3ccc(F)c(C#N)c3)c(Br)s2)N=C1N.NC1=NC(c2ccccc2)(c2ccccc2)C(=O)N1Cc1ccc(NC(=O)c2cccs2)cc1. The van der Waals surface area contributed by atoms with Crippen LogP contribution >= 0.6 is 88.5 Å². The van der Waals surface area contributed by atoms with Crippen LogP contribution in [0.3, 0.4) is 0 Å². The lowest BCUT2D eigenvalue weighted by atomic mass is 9.78. The summed E-state index contributed by atoms with van der Waals surface area (Å²) >= 11 is 14.5. The summed E-state index contributed by atoms with van der Waals surface area (Å²) in [5.41, 5.74) is 35.4. The summed E-state index contributed by atoms with van der Waals surface area (Å²) in [6, 6.07) is 66.1. The Morgan fingerprint density at radius 2 is 1.05 bits per heavy atom. The third-order valence-electron chi connectivity index (χ3n) is 25.9. The second-order valence-electron chi connectivity index (χ2n) is 35.1. The highest BCUT2D eigenvalue weighted by Gasteiger charge is 2.57. The van der Waals surface area contributed by atoms with Crippen LogP contribution in [0.25, 0.3) is 38.3 Å². The molecular formula is C102H91Br2F4N21O7S5. The molecule has 28 nitrogen and oxygen atoms in total. The Morgan fingerprint density at radius 1 is 0.539 bits per heavy atom. The summed E-state index contributed by atoms with van der Waals surface area (Å²) in [6.07, 6.45) is 8.14. The number of nitriles is 3. The number of aromatic nitrogens is 2. The van der Waals surface area contributed by atoms with Crippen molar-refractivity contribution in [2.45, 2.75) is 107 Å². The number of rotatable bonds is 18. The van der Waals surface area contributed by atoms with Crippen LogP contribution in [0.5, 0.6) is 5.75 Å². The molecule has 2 fully saturated rings. The van der Waals surface area contributed by atoms with Gasteiger partial charge in [-0.25, -0.2) is 38.7 Å². The molecule has 0 radical (unpaired) electrons. The third kappa shape index (κ3) is 19.9. The Kier molecular flexibility index (Phi) is 28.6.